The van der Waals surface area contributed by atoms with Crippen LogP contribution in [0.4, 0.5) is 0 Å². The molecule has 3 N–H and O–H groups in total. The Balaban J connectivity index is 5.44. The van der Waals surface area contributed by atoms with E-state index in [0.717, 1.165) is 180 Å². The highest BCUT2D eigenvalue weighted by Crippen LogP contribution is 2.45. The van der Waals surface area contributed by atoms with E-state index in [9.17, 15) is 43.2 Å². The Bertz CT molecular complexity index is 2630. The molecule has 5 atom stereocenters. The molecule has 0 aromatic heterocycles. The van der Waals surface area contributed by atoms with Crippen LogP contribution in [0.25, 0.3) is 0 Å². The predicted octanol–water partition coefficient (Wildman–Crippen LogP) is 24.0. The fourth-order valence-corrected chi connectivity index (χ4v) is 11.9. The normalized spacial score (nSPS) is 14.7. The Morgan fingerprint density at radius 1 is 0.274 bits per heavy atom. The summed E-state index contributed by atoms with van der Waals surface area (Å²) in [6.07, 6.45) is 90.9. The molecular formula is C87H144O17P2. The summed E-state index contributed by atoms with van der Waals surface area (Å²) in [6.45, 7) is 4.48. The third kappa shape index (κ3) is 76.9. The summed E-state index contributed by atoms with van der Waals surface area (Å²) in [7, 11) is -10.0. The number of phosphoric ester groups is 2. The number of esters is 4. The number of hydrogen-bond acceptors (Lipinski definition) is 15. The first-order valence-corrected chi connectivity index (χ1v) is 43.7. The molecule has 106 heavy (non-hydrogen) atoms. The molecule has 0 saturated carbocycles. The van der Waals surface area contributed by atoms with Crippen LogP contribution in [0.15, 0.2) is 158 Å². The number of rotatable bonds is 75. The van der Waals surface area contributed by atoms with Crippen molar-refractivity contribution in [2.24, 2.45) is 0 Å². The van der Waals surface area contributed by atoms with Crippen LogP contribution in [0.1, 0.15) is 310 Å². The van der Waals surface area contributed by atoms with E-state index < -0.39 is 97.5 Å². The number of phosphoric acid groups is 2. The number of ether oxygens (including phenoxy) is 4. The fourth-order valence-electron chi connectivity index (χ4n) is 10.3. The van der Waals surface area contributed by atoms with Gasteiger partial charge in [0.2, 0.25) is 0 Å². The molecule has 0 bridgehead atoms. The number of aliphatic hydroxyl groups is 1. The van der Waals surface area contributed by atoms with Gasteiger partial charge in [-0.1, -0.05) is 282 Å². The predicted molar refractivity (Wildman–Crippen MR) is 436 cm³/mol. The van der Waals surface area contributed by atoms with E-state index in [2.05, 4.69) is 167 Å². The molecule has 0 fully saturated rings. The van der Waals surface area contributed by atoms with Crippen LogP contribution in [0.3, 0.4) is 0 Å². The maximum Gasteiger partial charge on any atom is 0.472 e. The maximum absolute atomic E-state index is 13.1. The molecule has 0 radical (unpaired) electrons. The average Bonchev–Trinajstić information content (AvgIpc) is 0.933. The van der Waals surface area contributed by atoms with Gasteiger partial charge in [-0.05, 0) is 161 Å². The van der Waals surface area contributed by atoms with Crippen LogP contribution in [0.5, 0.6) is 0 Å². The second-order valence-electron chi connectivity index (χ2n) is 26.6. The fraction of sp³-hybridized carbons (Fsp3) is 0.655. The zero-order chi connectivity index (χ0) is 77.4. The lowest BCUT2D eigenvalue weighted by atomic mass is 10.1. The lowest BCUT2D eigenvalue weighted by molar-refractivity contribution is -0.161. The third-order valence-electron chi connectivity index (χ3n) is 16.5. The van der Waals surface area contributed by atoms with E-state index >= 15 is 0 Å². The van der Waals surface area contributed by atoms with Crippen molar-refractivity contribution in [1.82, 2.24) is 0 Å². The van der Waals surface area contributed by atoms with Gasteiger partial charge in [0, 0.05) is 25.7 Å². The minimum atomic E-state index is -5.01. The molecule has 5 unspecified atom stereocenters. The van der Waals surface area contributed by atoms with Crippen LogP contribution in [-0.2, 0) is 65.4 Å². The van der Waals surface area contributed by atoms with Crippen molar-refractivity contribution in [2.45, 2.75) is 329 Å². The standard InChI is InChI=1S/C87H144O17P2/c1-5-9-13-17-21-25-29-33-36-38-40-42-45-48-51-55-59-63-67-71-84(89)97-77-82(103-86(91)73-69-65-61-57-53-47-32-28-24-20-16-12-8-4)79-101-105(93,94)99-75-81(88)76-100-106(95,96)102-80-83(104-87(92)74-70-66-62-58-54-50-44-35-31-27-23-19-15-11-7-3)78-98-85(90)72-68-64-60-56-52-49-46-43-41-39-37-34-30-26-22-18-14-10-6-2/h10-11,14-15,21-23,25-28,32-37,40-44,49,52,60,64,81-83,88H,5-9,12-13,16-20,24,29-31,38-39,45-48,50-51,53-59,61-63,65-80H2,1-4H3,(H,93,94)(H,95,96)/b14-10-,15-11-,25-21-,26-22-,27-23-,32-28-,36-33-,37-34-,42-40-,43-41-,44-35-,52-49-,64-60-. The lowest BCUT2D eigenvalue weighted by Gasteiger charge is -2.21. The van der Waals surface area contributed by atoms with Gasteiger partial charge in [-0.3, -0.25) is 37.3 Å². The number of carbonyl (C=O) groups is 4. The topological polar surface area (TPSA) is 237 Å². The number of aliphatic hydroxyl groups excluding tert-OH is 1. The van der Waals surface area contributed by atoms with E-state index in [1.807, 2.05) is 18.2 Å². The summed E-state index contributed by atoms with van der Waals surface area (Å²) in [6, 6.07) is 0. The molecule has 0 rings (SSSR count). The van der Waals surface area contributed by atoms with Gasteiger partial charge in [0.25, 0.3) is 0 Å². The van der Waals surface area contributed by atoms with Gasteiger partial charge in [-0.15, -0.1) is 0 Å². The summed E-state index contributed by atoms with van der Waals surface area (Å²) in [5.41, 5.74) is 0. The molecule has 0 aromatic carbocycles. The van der Waals surface area contributed by atoms with Gasteiger partial charge in [0.05, 0.1) is 26.4 Å². The molecule has 0 aliphatic carbocycles. The molecule has 19 heteroatoms. The highest BCUT2D eigenvalue weighted by Gasteiger charge is 2.30. The van der Waals surface area contributed by atoms with Crippen molar-refractivity contribution >= 4 is 39.5 Å². The van der Waals surface area contributed by atoms with E-state index in [0.29, 0.717) is 32.1 Å². The summed E-state index contributed by atoms with van der Waals surface area (Å²) >= 11 is 0. The Hall–Kier alpha value is -5.32. The van der Waals surface area contributed by atoms with Gasteiger partial charge in [0.15, 0.2) is 12.2 Å². The van der Waals surface area contributed by atoms with Gasteiger partial charge < -0.3 is 33.8 Å². The molecule has 0 saturated heterocycles. The Labute approximate surface area is 642 Å². The summed E-state index contributed by atoms with van der Waals surface area (Å²) in [5.74, 6) is -2.32. The maximum atomic E-state index is 13.1. The zero-order valence-electron chi connectivity index (χ0n) is 66.1. The highest BCUT2D eigenvalue weighted by molar-refractivity contribution is 7.47. The Kier molecular flexibility index (Phi) is 73.9. The number of unbranched alkanes of at least 4 members (excludes halogenated alkanes) is 23. The minimum absolute atomic E-state index is 0.0271. The van der Waals surface area contributed by atoms with Crippen molar-refractivity contribution in [2.75, 3.05) is 39.6 Å². The molecule has 0 aromatic rings. The highest BCUT2D eigenvalue weighted by atomic mass is 31.2. The molecule has 604 valence electrons. The van der Waals surface area contributed by atoms with Crippen molar-refractivity contribution < 1.29 is 80.2 Å². The molecular weight excluding hydrogens is 1380 g/mol. The first-order chi connectivity index (χ1) is 51.7. The molecule has 0 heterocycles. The Morgan fingerprint density at radius 3 is 0.840 bits per heavy atom. The molecule has 0 aliphatic heterocycles. The van der Waals surface area contributed by atoms with E-state index in [4.69, 9.17) is 37.0 Å². The average molecular weight is 1520 g/mol. The lowest BCUT2D eigenvalue weighted by Crippen LogP contribution is -2.30. The molecule has 0 amide bonds. The number of carbonyl (C=O) groups excluding carboxylic acids is 4. The summed E-state index contributed by atoms with van der Waals surface area (Å²) in [4.78, 5) is 73.0. The monoisotopic (exact) mass is 1520 g/mol. The first-order valence-electron chi connectivity index (χ1n) is 40.7. The van der Waals surface area contributed by atoms with E-state index in [1.54, 1.807) is 0 Å². The second-order valence-corrected chi connectivity index (χ2v) is 29.5. The van der Waals surface area contributed by atoms with Crippen molar-refractivity contribution in [3.8, 4) is 0 Å². The summed E-state index contributed by atoms with van der Waals surface area (Å²) in [5, 5.41) is 10.6. The van der Waals surface area contributed by atoms with Gasteiger partial charge in [-0.25, -0.2) is 9.13 Å². The SMILES string of the molecule is CC/C=C\C/C=C\C/C=C\C/C=C\C/C=C\C/C=C\CCC(=O)OCC(COP(=O)(O)OCC(O)COP(=O)(O)OCC(COC(=O)CCCCCCCC/C=C\C/C=C\C/C=C\CCCCC)OC(=O)CCCCCCC/C=C\CCCCCC)OC(=O)CCCCCCC/C=C\C/C=C\C/C=C\CC. The van der Waals surface area contributed by atoms with Crippen LogP contribution in [-0.4, -0.2) is 96.7 Å². The quantitative estimate of drug-likeness (QED) is 0.0169. The third-order valence-corrected chi connectivity index (χ3v) is 18.4. The van der Waals surface area contributed by atoms with Crippen LogP contribution < -0.4 is 0 Å². The Morgan fingerprint density at radius 2 is 0.509 bits per heavy atom. The van der Waals surface area contributed by atoms with E-state index in [1.165, 1.54) is 44.9 Å². The van der Waals surface area contributed by atoms with E-state index in [-0.39, 0.29) is 25.7 Å². The number of hydrogen-bond donors (Lipinski definition) is 3. The van der Waals surface area contributed by atoms with Crippen molar-refractivity contribution in [3.63, 3.8) is 0 Å². The number of allylic oxidation sites excluding steroid dienone is 26. The van der Waals surface area contributed by atoms with Gasteiger partial charge in [0.1, 0.15) is 19.3 Å². The first kappa shape index (κ1) is 101. The second kappa shape index (κ2) is 77.8. The van der Waals surface area contributed by atoms with Crippen LogP contribution in [0, 0.1) is 0 Å². The van der Waals surface area contributed by atoms with Crippen molar-refractivity contribution in [3.05, 3.63) is 158 Å². The van der Waals surface area contributed by atoms with Gasteiger partial charge in [-0.2, -0.15) is 0 Å². The molecule has 17 nitrogen and oxygen atoms in total. The van der Waals surface area contributed by atoms with Crippen LogP contribution >= 0.6 is 15.6 Å². The minimum Gasteiger partial charge on any atom is -0.462 e. The molecule has 0 aliphatic rings. The summed E-state index contributed by atoms with van der Waals surface area (Å²) < 4.78 is 68.5. The zero-order valence-corrected chi connectivity index (χ0v) is 67.8. The van der Waals surface area contributed by atoms with Crippen LogP contribution in [0.2, 0.25) is 0 Å². The largest absolute Gasteiger partial charge is 0.472 e. The molecule has 0 spiro atoms. The van der Waals surface area contributed by atoms with Crippen molar-refractivity contribution in [1.29, 1.82) is 0 Å². The smallest absolute Gasteiger partial charge is 0.462 e. The van der Waals surface area contributed by atoms with Gasteiger partial charge >= 0.3 is 39.5 Å².